The number of aldehydes is 1. The minimum atomic E-state index is -3.45. The number of ether oxygens (including phenoxy) is 1. The first-order valence-electron chi connectivity index (χ1n) is 9.18. The molecule has 0 aromatic carbocycles. The second-order valence-electron chi connectivity index (χ2n) is 6.88. The number of aliphatic hydroxyl groups is 2. The number of halogens is 4. The highest BCUT2D eigenvalue weighted by molar-refractivity contribution is 6.39. The van der Waals surface area contributed by atoms with Crippen molar-refractivity contribution in [2.75, 3.05) is 11.9 Å². The van der Waals surface area contributed by atoms with Crippen LogP contribution in [0.3, 0.4) is 0 Å². The second-order valence-corrected chi connectivity index (χ2v) is 7.28. The van der Waals surface area contributed by atoms with E-state index in [1.165, 1.54) is 25.1 Å². The van der Waals surface area contributed by atoms with Crippen molar-refractivity contribution in [3.63, 3.8) is 0 Å². The van der Waals surface area contributed by atoms with Gasteiger partial charge in [-0.25, -0.2) is 23.1 Å². The van der Waals surface area contributed by atoms with Crippen molar-refractivity contribution in [2.45, 2.75) is 26.7 Å². The van der Waals surface area contributed by atoms with Crippen molar-refractivity contribution in [3.8, 4) is 0 Å². The Kier molecular flexibility index (Phi) is 7.96. The predicted molar refractivity (Wildman–Crippen MR) is 111 cm³/mol. The number of pyridine rings is 2. The molecule has 8 nitrogen and oxygen atoms in total. The van der Waals surface area contributed by atoms with Gasteiger partial charge in [-0.1, -0.05) is 11.6 Å². The molecule has 0 fully saturated rings. The molecule has 12 heteroatoms. The summed E-state index contributed by atoms with van der Waals surface area (Å²) < 4.78 is 46.9. The summed E-state index contributed by atoms with van der Waals surface area (Å²) in [6.07, 6.45) is 2.95. The van der Waals surface area contributed by atoms with Gasteiger partial charge in [-0.3, -0.25) is 9.59 Å². The Bertz CT molecular complexity index is 1170. The topological polar surface area (TPSA) is 113 Å². The van der Waals surface area contributed by atoms with Gasteiger partial charge in [-0.2, -0.15) is 0 Å². The van der Waals surface area contributed by atoms with Crippen LogP contribution in [-0.2, 0) is 15.5 Å². The zero-order valence-corrected chi connectivity index (χ0v) is 18.6. The van der Waals surface area contributed by atoms with E-state index in [0.29, 0.717) is 17.8 Å². The molecule has 0 radical (unpaired) electrons. The maximum Gasteiger partial charge on any atom is 0.372 e. The number of hydrogen-bond acceptors (Lipinski definition) is 8. The van der Waals surface area contributed by atoms with E-state index >= 15 is 0 Å². The zero-order chi connectivity index (χ0) is 25.1. The fourth-order valence-electron chi connectivity index (χ4n) is 2.75. The lowest BCUT2D eigenvalue weighted by atomic mass is 10.1. The standard InChI is InChI=1S/C21H19ClF3N3O5/c1-10-7-26-18(12(3)30)17(25)19(10)28(4)11(2)5-16(14(22)9-29)33-21(31,32)20-15(24)6-13(23)8-27-20/h5-9,31-32H,1-4H3/b11-5-,16-14-. The summed E-state index contributed by atoms with van der Waals surface area (Å²) in [5.74, 6) is -8.12. The van der Waals surface area contributed by atoms with Crippen LogP contribution in [0.25, 0.3) is 0 Å². The van der Waals surface area contributed by atoms with Crippen LogP contribution in [0.15, 0.2) is 41.0 Å². The third kappa shape index (κ3) is 5.75. The van der Waals surface area contributed by atoms with Gasteiger partial charge >= 0.3 is 5.97 Å². The van der Waals surface area contributed by atoms with E-state index in [1.54, 1.807) is 6.92 Å². The van der Waals surface area contributed by atoms with Gasteiger partial charge in [0.05, 0.1) is 11.9 Å². The van der Waals surface area contributed by atoms with Gasteiger partial charge in [0, 0.05) is 38.0 Å². The third-order valence-corrected chi connectivity index (χ3v) is 4.70. The Hall–Kier alpha value is -3.28. The molecule has 0 atom stereocenters. The van der Waals surface area contributed by atoms with Crippen LogP contribution in [0.4, 0.5) is 18.9 Å². The summed E-state index contributed by atoms with van der Waals surface area (Å²) >= 11 is 5.81. The molecule has 2 heterocycles. The van der Waals surface area contributed by atoms with Crippen molar-refractivity contribution in [2.24, 2.45) is 0 Å². The summed E-state index contributed by atoms with van der Waals surface area (Å²) in [4.78, 5) is 31.1. The van der Waals surface area contributed by atoms with Crippen LogP contribution in [0.5, 0.6) is 0 Å². The Morgan fingerprint density at radius 1 is 1.21 bits per heavy atom. The molecule has 0 aliphatic rings. The van der Waals surface area contributed by atoms with Gasteiger partial charge in [0.25, 0.3) is 0 Å². The van der Waals surface area contributed by atoms with Crippen molar-refractivity contribution in [1.29, 1.82) is 0 Å². The van der Waals surface area contributed by atoms with Crippen LogP contribution in [0.2, 0.25) is 0 Å². The average molecular weight is 486 g/mol. The number of nitrogens with zero attached hydrogens (tertiary/aromatic N) is 3. The van der Waals surface area contributed by atoms with E-state index < -0.39 is 51.4 Å². The van der Waals surface area contributed by atoms with Crippen molar-refractivity contribution < 1.29 is 37.7 Å². The molecule has 0 aliphatic carbocycles. The molecule has 0 aliphatic heterocycles. The van der Waals surface area contributed by atoms with Gasteiger partial charge in [0.2, 0.25) is 0 Å². The maximum absolute atomic E-state index is 14.9. The van der Waals surface area contributed by atoms with E-state index in [4.69, 9.17) is 16.3 Å². The highest BCUT2D eigenvalue weighted by Crippen LogP contribution is 2.30. The van der Waals surface area contributed by atoms with E-state index in [1.807, 2.05) is 0 Å². The molecular weight excluding hydrogens is 467 g/mol. The Labute approximate surface area is 191 Å². The number of aryl methyl sites for hydroxylation is 1. The number of carbonyl (C=O) groups is 2. The van der Waals surface area contributed by atoms with Crippen LogP contribution in [-0.4, -0.2) is 39.3 Å². The van der Waals surface area contributed by atoms with Crippen molar-refractivity contribution in [3.05, 3.63) is 75.4 Å². The van der Waals surface area contributed by atoms with Gasteiger partial charge in [0.15, 0.2) is 29.4 Å². The lowest BCUT2D eigenvalue weighted by Gasteiger charge is -2.26. The molecule has 2 N–H and O–H groups in total. The van der Waals surface area contributed by atoms with Crippen LogP contribution in [0, 0.1) is 24.4 Å². The van der Waals surface area contributed by atoms with Gasteiger partial charge in [0.1, 0.15) is 22.3 Å². The largest absolute Gasteiger partial charge is 0.433 e. The van der Waals surface area contributed by atoms with Crippen LogP contribution in [0.1, 0.15) is 35.6 Å². The number of carbonyl (C=O) groups excluding carboxylic acids is 2. The molecule has 0 amide bonds. The maximum atomic E-state index is 14.9. The number of anilines is 1. The Balaban J connectivity index is 2.51. The van der Waals surface area contributed by atoms with Crippen molar-refractivity contribution in [1.82, 2.24) is 9.97 Å². The summed E-state index contributed by atoms with van der Waals surface area (Å²) in [7, 11) is 1.42. The van der Waals surface area contributed by atoms with E-state index in [-0.39, 0.29) is 17.7 Å². The van der Waals surface area contributed by atoms with Crippen molar-refractivity contribution >= 4 is 29.4 Å². The number of aromatic nitrogens is 2. The number of Topliss-reactive ketones (excluding diaryl/α,β-unsaturated/α-hetero) is 1. The minimum absolute atomic E-state index is 0.0315. The SMILES string of the molecule is CC(=O)c1ncc(C)c(N(C)/C(C)=C\C(OC(O)(O)c2ncc(F)cc2F)=C(\Cl)C=O)c1F. The number of hydrogen-bond donors (Lipinski definition) is 2. The van der Waals surface area contributed by atoms with E-state index in [2.05, 4.69) is 9.97 Å². The fourth-order valence-corrected chi connectivity index (χ4v) is 2.84. The first kappa shape index (κ1) is 26.0. The van der Waals surface area contributed by atoms with Gasteiger partial charge in [-0.15, -0.1) is 0 Å². The summed E-state index contributed by atoms with van der Waals surface area (Å²) in [6, 6.07) is 0.341. The van der Waals surface area contributed by atoms with E-state index in [9.17, 15) is 33.0 Å². The average Bonchev–Trinajstić information content (AvgIpc) is 2.71. The monoisotopic (exact) mass is 485 g/mol. The third-order valence-electron chi connectivity index (χ3n) is 4.42. The smallest absolute Gasteiger partial charge is 0.372 e. The summed E-state index contributed by atoms with van der Waals surface area (Å²) in [6.45, 7) is 4.12. The fraction of sp³-hybridized carbons (Fsp3) is 0.238. The molecule has 0 saturated heterocycles. The lowest BCUT2D eigenvalue weighted by Crippen LogP contribution is -2.31. The first-order chi connectivity index (χ1) is 15.3. The van der Waals surface area contributed by atoms with Gasteiger partial charge in [-0.05, 0) is 19.4 Å². The molecule has 0 spiro atoms. The summed E-state index contributed by atoms with van der Waals surface area (Å²) in [5, 5.41) is 19.7. The molecule has 2 rings (SSSR count). The van der Waals surface area contributed by atoms with Gasteiger partial charge < -0.3 is 19.8 Å². The van der Waals surface area contributed by atoms with Crippen LogP contribution >= 0.6 is 11.6 Å². The molecule has 0 bridgehead atoms. The molecule has 176 valence electrons. The minimum Gasteiger partial charge on any atom is -0.433 e. The highest BCUT2D eigenvalue weighted by atomic mass is 35.5. The molecule has 0 unspecified atom stereocenters. The first-order valence-corrected chi connectivity index (χ1v) is 9.56. The number of rotatable bonds is 8. The molecule has 2 aromatic rings. The molecule has 33 heavy (non-hydrogen) atoms. The quantitative estimate of drug-likeness (QED) is 0.146. The number of allylic oxidation sites excluding steroid dienone is 3. The lowest BCUT2D eigenvalue weighted by molar-refractivity contribution is -0.334. The Morgan fingerprint density at radius 2 is 1.85 bits per heavy atom. The van der Waals surface area contributed by atoms with E-state index in [0.717, 1.165) is 13.0 Å². The zero-order valence-electron chi connectivity index (χ0n) is 17.9. The number of ketones is 1. The molecular formula is C21H19ClF3N3O5. The highest BCUT2D eigenvalue weighted by Gasteiger charge is 2.36. The predicted octanol–water partition coefficient (Wildman–Crippen LogP) is 3.21. The Morgan fingerprint density at radius 3 is 2.39 bits per heavy atom. The normalized spacial score (nSPS) is 12.8. The molecule has 2 aromatic heterocycles. The summed E-state index contributed by atoms with van der Waals surface area (Å²) in [5.41, 5.74) is -1.02. The second kappa shape index (κ2) is 10.1. The molecule has 0 saturated carbocycles. The van der Waals surface area contributed by atoms with Crippen LogP contribution < -0.4 is 4.90 Å².